The number of carboxylic acids is 1. The predicted molar refractivity (Wildman–Crippen MR) is 89.1 cm³/mol. The summed E-state index contributed by atoms with van der Waals surface area (Å²) in [6, 6.07) is 11.9. The average molecular weight is 363 g/mol. The van der Waals surface area contributed by atoms with E-state index in [0.29, 0.717) is 5.56 Å². The van der Waals surface area contributed by atoms with E-state index in [9.17, 15) is 9.90 Å². The number of rotatable bonds is 4. The molecule has 0 radical (unpaired) electrons. The molecule has 0 unspecified atom stereocenters. The van der Waals surface area contributed by atoms with Crippen LogP contribution in [0.3, 0.4) is 0 Å². The van der Waals surface area contributed by atoms with E-state index in [4.69, 9.17) is 0 Å². The molecule has 3 rings (SSSR count). The molecular formula is C17H15BrO2S. The maximum atomic E-state index is 11.3. The molecule has 0 aliphatic heterocycles. The number of carboxylic acid groups (broad SMARTS) is 1. The van der Waals surface area contributed by atoms with Crippen molar-refractivity contribution in [2.45, 2.75) is 29.9 Å². The molecule has 21 heavy (non-hydrogen) atoms. The number of thioether (sulfide) groups is 1. The van der Waals surface area contributed by atoms with Crippen molar-refractivity contribution < 1.29 is 9.90 Å². The molecule has 0 saturated heterocycles. The van der Waals surface area contributed by atoms with Gasteiger partial charge < -0.3 is 5.11 Å². The summed E-state index contributed by atoms with van der Waals surface area (Å²) in [5.74, 6) is -0.0803. The van der Waals surface area contributed by atoms with Gasteiger partial charge >= 0.3 is 5.97 Å². The molecule has 0 fully saturated rings. The summed E-state index contributed by atoms with van der Waals surface area (Å²) in [6.07, 6.45) is 3.61. The van der Waals surface area contributed by atoms with Gasteiger partial charge in [-0.1, -0.05) is 34.1 Å². The molecule has 0 amide bonds. The first kappa shape index (κ1) is 14.7. The maximum Gasteiger partial charge on any atom is 0.336 e. The third kappa shape index (κ3) is 3.33. The van der Waals surface area contributed by atoms with Gasteiger partial charge in [0.15, 0.2) is 0 Å². The number of aryl methyl sites for hydroxylation is 2. The Morgan fingerprint density at radius 2 is 1.95 bits per heavy atom. The van der Waals surface area contributed by atoms with Gasteiger partial charge in [-0.15, -0.1) is 11.8 Å². The van der Waals surface area contributed by atoms with Gasteiger partial charge in [0.25, 0.3) is 0 Å². The summed E-state index contributed by atoms with van der Waals surface area (Å²) in [7, 11) is 0. The standard InChI is InChI=1S/C17H15BrO2S/c18-14-6-7-15(17(19)20)16(9-14)21-10-11-4-5-12-2-1-3-13(12)8-11/h4-9H,1-3,10H2,(H,19,20). The molecule has 2 aromatic rings. The van der Waals surface area contributed by atoms with Gasteiger partial charge in [0.05, 0.1) is 5.56 Å². The topological polar surface area (TPSA) is 37.3 Å². The maximum absolute atomic E-state index is 11.3. The molecular weight excluding hydrogens is 348 g/mol. The molecule has 4 heteroatoms. The molecule has 0 spiro atoms. The molecule has 0 bridgehead atoms. The molecule has 0 saturated carbocycles. The second-order valence-electron chi connectivity index (χ2n) is 5.19. The Morgan fingerprint density at radius 3 is 2.76 bits per heavy atom. The predicted octanol–water partition coefficient (Wildman–Crippen LogP) is 4.93. The third-order valence-electron chi connectivity index (χ3n) is 3.73. The summed E-state index contributed by atoms with van der Waals surface area (Å²) < 4.78 is 0.906. The van der Waals surface area contributed by atoms with Crippen LogP contribution in [0.4, 0.5) is 0 Å². The molecule has 2 aromatic carbocycles. The number of fused-ring (bicyclic) bond motifs is 1. The van der Waals surface area contributed by atoms with Crippen molar-refractivity contribution in [1.29, 1.82) is 0 Å². The minimum absolute atomic E-state index is 0.365. The minimum atomic E-state index is -0.876. The van der Waals surface area contributed by atoms with Crippen molar-refractivity contribution in [3.8, 4) is 0 Å². The number of hydrogen-bond acceptors (Lipinski definition) is 2. The number of carbonyl (C=O) groups is 1. The van der Waals surface area contributed by atoms with Crippen LogP contribution >= 0.6 is 27.7 Å². The van der Waals surface area contributed by atoms with Gasteiger partial charge in [-0.2, -0.15) is 0 Å². The van der Waals surface area contributed by atoms with Crippen LogP contribution in [0.1, 0.15) is 33.5 Å². The summed E-state index contributed by atoms with van der Waals surface area (Å²) in [5.41, 5.74) is 4.56. The zero-order valence-electron chi connectivity index (χ0n) is 11.4. The van der Waals surface area contributed by atoms with Gasteiger partial charge in [-0.3, -0.25) is 0 Å². The number of halogens is 1. The average Bonchev–Trinajstić information content (AvgIpc) is 2.92. The zero-order chi connectivity index (χ0) is 14.8. The summed E-state index contributed by atoms with van der Waals surface area (Å²) >= 11 is 4.98. The smallest absolute Gasteiger partial charge is 0.336 e. The first-order valence-electron chi connectivity index (χ1n) is 6.90. The lowest BCUT2D eigenvalue weighted by atomic mass is 10.1. The monoisotopic (exact) mass is 362 g/mol. The fourth-order valence-electron chi connectivity index (χ4n) is 2.67. The van der Waals surface area contributed by atoms with Crippen molar-refractivity contribution in [1.82, 2.24) is 0 Å². The molecule has 108 valence electrons. The lowest BCUT2D eigenvalue weighted by molar-refractivity contribution is 0.0693. The van der Waals surface area contributed by atoms with E-state index in [0.717, 1.165) is 15.1 Å². The van der Waals surface area contributed by atoms with Crippen LogP contribution in [-0.4, -0.2) is 11.1 Å². The second kappa shape index (κ2) is 6.24. The lowest BCUT2D eigenvalue weighted by Crippen LogP contribution is -1.98. The Hall–Kier alpha value is -1.26. The molecule has 0 heterocycles. The molecule has 0 atom stereocenters. The van der Waals surface area contributed by atoms with Crippen LogP contribution in [0.25, 0.3) is 0 Å². The number of hydrogen-bond donors (Lipinski definition) is 1. The number of aromatic carboxylic acids is 1. The largest absolute Gasteiger partial charge is 0.478 e. The van der Waals surface area contributed by atoms with E-state index in [1.165, 1.54) is 36.0 Å². The van der Waals surface area contributed by atoms with Crippen LogP contribution < -0.4 is 0 Å². The van der Waals surface area contributed by atoms with Crippen molar-refractivity contribution in [3.05, 3.63) is 63.1 Å². The van der Waals surface area contributed by atoms with Gasteiger partial charge in [0.2, 0.25) is 0 Å². The summed E-state index contributed by atoms with van der Waals surface area (Å²) in [4.78, 5) is 12.1. The van der Waals surface area contributed by atoms with E-state index in [1.807, 2.05) is 6.07 Å². The van der Waals surface area contributed by atoms with Gasteiger partial charge in [0.1, 0.15) is 0 Å². The van der Waals surface area contributed by atoms with Crippen LogP contribution in [0.2, 0.25) is 0 Å². The molecule has 1 aliphatic rings. The van der Waals surface area contributed by atoms with E-state index < -0.39 is 5.97 Å². The van der Waals surface area contributed by atoms with E-state index >= 15 is 0 Å². The van der Waals surface area contributed by atoms with Crippen LogP contribution in [0.15, 0.2) is 45.8 Å². The Kier molecular flexibility index (Phi) is 4.36. The van der Waals surface area contributed by atoms with Crippen molar-refractivity contribution in [2.24, 2.45) is 0 Å². The Balaban J connectivity index is 1.78. The summed E-state index contributed by atoms with van der Waals surface area (Å²) in [5, 5.41) is 9.25. The van der Waals surface area contributed by atoms with Gasteiger partial charge in [-0.05, 0) is 54.2 Å². The fourth-order valence-corrected chi connectivity index (χ4v) is 4.20. The van der Waals surface area contributed by atoms with Crippen molar-refractivity contribution in [2.75, 3.05) is 0 Å². The first-order chi connectivity index (χ1) is 10.1. The molecule has 0 aromatic heterocycles. The number of benzene rings is 2. The highest BCUT2D eigenvalue weighted by Crippen LogP contribution is 2.31. The Morgan fingerprint density at radius 1 is 1.14 bits per heavy atom. The quantitative estimate of drug-likeness (QED) is 0.783. The second-order valence-corrected chi connectivity index (χ2v) is 7.12. The first-order valence-corrected chi connectivity index (χ1v) is 8.67. The zero-order valence-corrected chi connectivity index (χ0v) is 13.8. The van der Waals surface area contributed by atoms with Crippen LogP contribution in [0.5, 0.6) is 0 Å². The normalized spacial score (nSPS) is 13.2. The van der Waals surface area contributed by atoms with Crippen molar-refractivity contribution >= 4 is 33.7 Å². The minimum Gasteiger partial charge on any atom is -0.478 e. The van der Waals surface area contributed by atoms with Crippen LogP contribution in [0, 0.1) is 0 Å². The molecule has 1 N–H and O–H groups in total. The SMILES string of the molecule is O=C(O)c1ccc(Br)cc1SCc1ccc2c(c1)CCC2. The van der Waals surface area contributed by atoms with Crippen molar-refractivity contribution in [3.63, 3.8) is 0 Å². The van der Waals surface area contributed by atoms with Crippen LogP contribution in [-0.2, 0) is 18.6 Å². The van der Waals surface area contributed by atoms with Gasteiger partial charge in [0, 0.05) is 15.1 Å². The lowest BCUT2D eigenvalue weighted by Gasteiger charge is -2.08. The summed E-state index contributed by atoms with van der Waals surface area (Å²) in [6.45, 7) is 0. The highest BCUT2D eigenvalue weighted by molar-refractivity contribution is 9.10. The van der Waals surface area contributed by atoms with E-state index in [2.05, 4.69) is 34.1 Å². The van der Waals surface area contributed by atoms with E-state index in [1.54, 1.807) is 23.9 Å². The molecule has 2 nitrogen and oxygen atoms in total. The third-order valence-corrected chi connectivity index (χ3v) is 5.35. The highest BCUT2D eigenvalue weighted by Gasteiger charge is 2.13. The molecule has 1 aliphatic carbocycles. The fraction of sp³-hybridized carbons (Fsp3) is 0.235. The Labute approximate surface area is 136 Å². The van der Waals surface area contributed by atoms with Gasteiger partial charge in [-0.25, -0.2) is 4.79 Å². The Bertz CT molecular complexity index is 697. The van der Waals surface area contributed by atoms with E-state index in [-0.39, 0.29) is 0 Å². The highest BCUT2D eigenvalue weighted by atomic mass is 79.9.